The van der Waals surface area contributed by atoms with E-state index in [0.717, 1.165) is 22.6 Å². The maximum absolute atomic E-state index is 12.1. The van der Waals surface area contributed by atoms with Crippen LogP contribution >= 0.6 is 0 Å². The van der Waals surface area contributed by atoms with Gasteiger partial charge in [-0.25, -0.2) is 0 Å². The second kappa shape index (κ2) is 5.28. The molecule has 0 unspecified atom stereocenters. The van der Waals surface area contributed by atoms with Crippen LogP contribution in [0.5, 0.6) is 5.75 Å². The van der Waals surface area contributed by atoms with Gasteiger partial charge in [-0.2, -0.15) is 5.10 Å². The lowest BCUT2D eigenvalue weighted by atomic mass is 10.1. The SMILES string of the molecule is COc1ccccc1C1=CC(=Cc2cnn(C)c2)C(=O)N1. The fraction of sp³-hybridized carbons (Fsp3) is 0.125. The molecular formula is C16H15N3O2. The molecule has 1 aliphatic heterocycles. The van der Waals surface area contributed by atoms with Crippen molar-refractivity contribution in [3.63, 3.8) is 0 Å². The zero-order valence-electron chi connectivity index (χ0n) is 11.8. The van der Waals surface area contributed by atoms with Gasteiger partial charge >= 0.3 is 0 Å². The highest BCUT2D eigenvalue weighted by Crippen LogP contribution is 2.28. The molecule has 1 amide bonds. The third-order valence-corrected chi connectivity index (χ3v) is 3.25. The van der Waals surface area contributed by atoms with E-state index in [1.54, 1.807) is 18.0 Å². The fourth-order valence-electron chi connectivity index (χ4n) is 2.27. The normalized spacial score (nSPS) is 16.0. The maximum Gasteiger partial charge on any atom is 0.255 e. The quantitative estimate of drug-likeness (QED) is 0.875. The molecule has 0 fully saturated rings. The summed E-state index contributed by atoms with van der Waals surface area (Å²) >= 11 is 0. The first-order valence-electron chi connectivity index (χ1n) is 6.54. The molecule has 0 aliphatic carbocycles. The molecule has 0 spiro atoms. The molecular weight excluding hydrogens is 266 g/mol. The van der Waals surface area contributed by atoms with E-state index in [-0.39, 0.29) is 5.91 Å². The second-order valence-electron chi connectivity index (χ2n) is 4.76. The van der Waals surface area contributed by atoms with Crippen molar-refractivity contribution in [2.75, 3.05) is 7.11 Å². The zero-order valence-corrected chi connectivity index (χ0v) is 11.8. The predicted octanol–water partition coefficient (Wildman–Crippen LogP) is 1.98. The summed E-state index contributed by atoms with van der Waals surface area (Å²) in [6, 6.07) is 7.59. The standard InChI is InChI=1S/C16H15N3O2/c1-19-10-11(9-17-19)7-12-8-14(18-16(12)20)13-5-3-4-6-15(13)21-2/h3-10H,1-2H3,(H,18,20). The highest BCUT2D eigenvalue weighted by molar-refractivity contribution is 6.11. The first-order chi connectivity index (χ1) is 10.2. The number of ether oxygens (including phenoxy) is 1. The van der Waals surface area contributed by atoms with Gasteiger partial charge in [0.1, 0.15) is 5.75 Å². The minimum Gasteiger partial charge on any atom is -0.496 e. The Bertz CT molecular complexity index is 756. The first kappa shape index (κ1) is 13.2. The molecule has 5 heteroatoms. The number of aryl methyl sites for hydroxylation is 1. The number of amides is 1. The minimum atomic E-state index is -0.125. The predicted molar refractivity (Wildman–Crippen MR) is 80.3 cm³/mol. The van der Waals surface area contributed by atoms with Crippen LogP contribution in [0.15, 0.2) is 48.3 Å². The van der Waals surface area contributed by atoms with Crippen LogP contribution in [0, 0.1) is 0 Å². The first-order valence-corrected chi connectivity index (χ1v) is 6.54. The summed E-state index contributed by atoms with van der Waals surface area (Å²) in [6.45, 7) is 0. The highest BCUT2D eigenvalue weighted by atomic mass is 16.5. The number of carbonyl (C=O) groups is 1. The maximum atomic E-state index is 12.1. The summed E-state index contributed by atoms with van der Waals surface area (Å²) in [7, 11) is 3.45. The lowest BCUT2D eigenvalue weighted by molar-refractivity contribution is -0.115. The molecule has 1 aliphatic rings. The van der Waals surface area contributed by atoms with E-state index in [4.69, 9.17) is 4.74 Å². The van der Waals surface area contributed by atoms with Gasteiger partial charge in [-0.05, 0) is 24.3 Å². The van der Waals surface area contributed by atoms with Gasteiger partial charge in [0, 0.05) is 29.9 Å². The van der Waals surface area contributed by atoms with Crippen LogP contribution in [-0.4, -0.2) is 22.8 Å². The van der Waals surface area contributed by atoms with Crippen LogP contribution in [0.1, 0.15) is 11.1 Å². The minimum absolute atomic E-state index is 0.125. The number of aromatic nitrogens is 2. The number of rotatable bonds is 3. The van der Waals surface area contributed by atoms with Gasteiger partial charge in [-0.3, -0.25) is 9.48 Å². The average molecular weight is 281 g/mol. The van der Waals surface area contributed by atoms with Gasteiger partial charge in [-0.1, -0.05) is 12.1 Å². The van der Waals surface area contributed by atoms with Crippen LogP contribution in [0.25, 0.3) is 11.8 Å². The number of nitrogens with one attached hydrogen (secondary N) is 1. The summed E-state index contributed by atoms with van der Waals surface area (Å²) in [5.74, 6) is 0.603. The van der Waals surface area contributed by atoms with Crippen molar-refractivity contribution in [1.82, 2.24) is 15.1 Å². The largest absolute Gasteiger partial charge is 0.496 e. The molecule has 1 aromatic heterocycles. The summed E-state index contributed by atoms with van der Waals surface area (Å²) in [5.41, 5.74) is 3.10. The third-order valence-electron chi connectivity index (χ3n) is 3.25. The van der Waals surface area contributed by atoms with Crippen molar-refractivity contribution in [3.8, 4) is 5.75 Å². The Morgan fingerprint density at radius 1 is 1.33 bits per heavy atom. The van der Waals surface area contributed by atoms with Crippen molar-refractivity contribution in [2.45, 2.75) is 0 Å². The summed E-state index contributed by atoms with van der Waals surface area (Å²) in [4.78, 5) is 12.1. The second-order valence-corrected chi connectivity index (χ2v) is 4.76. The average Bonchev–Trinajstić information content (AvgIpc) is 3.06. The van der Waals surface area contributed by atoms with Crippen molar-refractivity contribution < 1.29 is 9.53 Å². The van der Waals surface area contributed by atoms with Crippen molar-refractivity contribution in [1.29, 1.82) is 0 Å². The molecule has 106 valence electrons. The topological polar surface area (TPSA) is 56.2 Å². The Hall–Kier alpha value is -2.82. The van der Waals surface area contributed by atoms with Gasteiger partial charge < -0.3 is 10.1 Å². The van der Waals surface area contributed by atoms with Crippen LogP contribution in [-0.2, 0) is 11.8 Å². The van der Waals surface area contributed by atoms with Crippen LogP contribution in [0.4, 0.5) is 0 Å². The molecule has 3 rings (SSSR count). The Labute approximate surface area is 122 Å². The Balaban J connectivity index is 1.97. The fourth-order valence-corrected chi connectivity index (χ4v) is 2.27. The molecule has 2 aromatic rings. The number of hydrogen-bond donors (Lipinski definition) is 1. The molecule has 0 saturated carbocycles. The number of nitrogens with zero attached hydrogens (tertiary/aromatic N) is 2. The summed E-state index contributed by atoms with van der Waals surface area (Å²) < 4.78 is 7.02. The molecule has 0 atom stereocenters. The van der Waals surface area contributed by atoms with E-state index in [2.05, 4.69) is 10.4 Å². The number of benzene rings is 1. The van der Waals surface area contributed by atoms with Gasteiger partial charge in [0.05, 0.1) is 19.0 Å². The Kier molecular flexibility index (Phi) is 3.31. The molecule has 2 heterocycles. The van der Waals surface area contributed by atoms with Crippen molar-refractivity contribution >= 4 is 17.7 Å². The summed E-state index contributed by atoms with van der Waals surface area (Å²) in [5, 5.41) is 6.96. The molecule has 0 bridgehead atoms. The van der Waals surface area contributed by atoms with Crippen LogP contribution in [0.2, 0.25) is 0 Å². The van der Waals surface area contributed by atoms with Crippen LogP contribution in [0.3, 0.4) is 0 Å². The Morgan fingerprint density at radius 3 is 2.86 bits per heavy atom. The number of methoxy groups -OCH3 is 1. The van der Waals surface area contributed by atoms with Crippen molar-refractivity contribution in [3.05, 3.63) is 59.4 Å². The number of carbonyl (C=O) groups excluding carboxylic acids is 1. The molecule has 0 radical (unpaired) electrons. The third kappa shape index (κ3) is 2.58. The van der Waals surface area contributed by atoms with Gasteiger partial charge in [-0.15, -0.1) is 0 Å². The molecule has 0 saturated heterocycles. The lowest BCUT2D eigenvalue weighted by Crippen LogP contribution is -2.16. The molecule has 1 N–H and O–H groups in total. The monoisotopic (exact) mass is 281 g/mol. The van der Waals surface area contributed by atoms with E-state index in [1.807, 2.05) is 49.7 Å². The zero-order chi connectivity index (χ0) is 14.8. The highest BCUT2D eigenvalue weighted by Gasteiger charge is 2.21. The molecule has 1 aromatic carbocycles. The summed E-state index contributed by atoms with van der Waals surface area (Å²) in [6.07, 6.45) is 7.21. The number of para-hydroxylation sites is 1. The molecule has 21 heavy (non-hydrogen) atoms. The van der Waals surface area contributed by atoms with E-state index in [1.165, 1.54) is 0 Å². The van der Waals surface area contributed by atoms with E-state index < -0.39 is 0 Å². The molecule has 5 nitrogen and oxygen atoms in total. The van der Waals surface area contributed by atoms with E-state index in [0.29, 0.717) is 5.57 Å². The van der Waals surface area contributed by atoms with Gasteiger partial charge in [0.25, 0.3) is 5.91 Å². The van der Waals surface area contributed by atoms with Crippen molar-refractivity contribution in [2.24, 2.45) is 7.05 Å². The Morgan fingerprint density at radius 2 is 2.14 bits per heavy atom. The number of hydrogen-bond acceptors (Lipinski definition) is 3. The lowest BCUT2D eigenvalue weighted by Gasteiger charge is -2.08. The van der Waals surface area contributed by atoms with E-state index in [9.17, 15) is 4.79 Å². The van der Waals surface area contributed by atoms with E-state index >= 15 is 0 Å². The van der Waals surface area contributed by atoms with Crippen LogP contribution < -0.4 is 10.1 Å². The van der Waals surface area contributed by atoms with Gasteiger partial charge in [0.2, 0.25) is 0 Å². The van der Waals surface area contributed by atoms with Gasteiger partial charge in [0.15, 0.2) is 0 Å². The smallest absolute Gasteiger partial charge is 0.255 e.